The summed E-state index contributed by atoms with van der Waals surface area (Å²) in [5.74, 6) is 0.624. The topological polar surface area (TPSA) is 38.0 Å². The number of aliphatic hydroxyl groups excluding tert-OH is 1. The zero-order chi connectivity index (χ0) is 15.4. The zero-order valence-electron chi connectivity index (χ0n) is 12.0. The van der Waals surface area contributed by atoms with Gasteiger partial charge in [0.2, 0.25) is 0 Å². The number of rotatable bonds is 6. The van der Waals surface area contributed by atoms with Crippen molar-refractivity contribution in [1.82, 2.24) is 9.78 Å². The first-order valence-corrected chi connectivity index (χ1v) is 8.93. The molecular formula is C15H18BrClN2OS. The first kappa shape index (κ1) is 16.9. The fourth-order valence-electron chi connectivity index (χ4n) is 2.07. The first-order valence-electron chi connectivity index (χ1n) is 6.78. The Morgan fingerprint density at radius 3 is 2.86 bits per heavy atom. The average molecular weight is 390 g/mol. The molecule has 114 valence electrons. The fraction of sp³-hybridized carbons (Fsp3) is 0.400. The Morgan fingerprint density at radius 2 is 2.24 bits per heavy atom. The lowest BCUT2D eigenvalue weighted by Gasteiger charge is -2.11. The quantitative estimate of drug-likeness (QED) is 0.756. The van der Waals surface area contributed by atoms with E-state index in [-0.39, 0.29) is 0 Å². The summed E-state index contributed by atoms with van der Waals surface area (Å²) in [7, 11) is 1.87. The van der Waals surface area contributed by atoms with E-state index in [0.717, 1.165) is 27.2 Å². The van der Waals surface area contributed by atoms with Gasteiger partial charge >= 0.3 is 0 Å². The van der Waals surface area contributed by atoms with Crippen molar-refractivity contribution in [2.45, 2.75) is 30.8 Å². The Morgan fingerprint density at radius 1 is 1.48 bits per heavy atom. The molecule has 0 aliphatic rings. The summed E-state index contributed by atoms with van der Waals surface area (Å²) in [5.41, 5.74) is 1.79. The van der Waals surface area contributed by atoms with Crippen LogP contribution in [-0.2, 0) is 19.9 Å². The molecule has 1 heterocycles. The second-order valence-electron chi connectivity index (χ2n) is 4.81. The third-order valence-corrected chi connectivity index (χ3v) is 5.24. The molecular weight excluding hydrogens is 372 g/mol. The largest absolute Gasteiger partial charge is 0.392 e. The van der Waals surface area contributed by atoms with Gasteiger partial charge < -0.3 is 5.11 Å². The summed E-state index contributed by atoms with van der Waals surface area (Å²) in [5, 5.41) is 15.3. The molecule has 0 radical (unpaired) electrons. The van der Waals surface area contributed by atoms with E-state index in [1.165, 1.54) is 0 Å². The van der Waals surface area contributed by atoms with Crippen molar-refractivity contribution in [3.63, 3.8) is 0 Å². The van der Waals surface area contributed by atoms with Crippen LogP contribution in [0.1, 0.15) is 18.3 Å². The van der Waals surface area contributed by atoms with Crippen LogP contribution < -0.4 is 0 Å². The third-order valence-electron chi connectivity index (χ3n) is 3.17. The Hall–Kier alpha value is -0.490. The lowest BCUT2D eigenvalue weighted by atomic mass is 10.2. The lowest BCUT2D eigenvalue weighted by Crippen LogP contribution is -2.16. The van der Waals surface area contributed by atoms with Crippen LogP contribution in [0.3, 0.4) is 0 Å². The molecule has 1 atom stereocenters. The normalized spacial score (nSPS) is 12.6. The molecule has 0 aliphatic heterocycles. The smallest absolute Gasteiger partial charge is 0.0850 e. The molecule has 1 N–H and O–H groups in total. The van der Waals surface area contributed by atoms with Crippen molar-refractivity contribution in [3.05, 3.63) is 45.1 Å². The Bertz CT molecular complexity index is 618. The third kappa shape index (κ3) is 4.49. The van der Waals surface area contributed by atoms with E-state index in [1.54, 1.807) is 16.4 Å². The molecule has 1 unspecified atom stereocenters. The predicted octanol–water partition coefficient (Wildman–Crippen LogP) is 4.09. The van der Waals surface area contributed by atoms with Gasteiger partial charge in [0.1, 0.15) is 0 Å². The minimum Gasteiger partial charge on any atom is -0.392 e. The Labute approximate surface area is 142 Å². The molecule has 3 nitrogen and oxygen atoms in total. The molecule has 2 rings (SSSR count). The summed E-state index contributed by atoms with van der Waals surface area (Å²) in [6.07, 6.45) is 0.866. The van der Waals surface area contributed by atoms with Crippen LogP contribution in [0.25, 0.3) is 0 Å². The van der Waals surface area contributed by atoms with E-state index in [4.69, 9.17) is 11.6 Å². The van der Waals surface area contributed by atoms with Crippen LogP contribution in [0.5, 0.6) is 0 Å². The summed E-state index contributed by atoms with van der Waals surface area (Å²) >= 11 is 11.4. The molecule has 1 aromatic carbocycles. The minimum absolute atomic E-state index is 0.452. The number of halogens is 2. The summed E-state index contributed by atoms with van der Waals surface area (Å²) in [4.78, 5) is 1.13. The summed E-state index contributed by atoms with van der Waals surface area (Å²) < 4.78 is 2.82. The van der Waals surface area contributed by atoms with Gasteiger partial charge in [-0.2, -0.15) is 5.10 Å². The number of aliphatic hydroxyl groups is 1. The highest BCUT2D eigenvalue weighted by molar-refractivity contribution is 9.10. The second kappa shape index (κ2) is 7.68. The zero-order valence-corrected chi connectivity index (χ0v) is 15.2. The van der Waals surface area contributed by atoms with Crippen molar-refractivity contribution in [1.29, 1.82) is 0 Å². The van der Waals surface area contributed by atoms with Crippen molar-refractivity contribution >= 4 is 39.3 Å². The standard InChI is InChI=1S/C15H18BrClN2OS/c1-3-13-15(17)14(19(2)18-13)8-11(20)9-21-12-6-4-5-10(16)7-12/h4-7,11,20H,3,8-9H2,1-2H3. The number of aryl methyl sites for hydroxylation is 2. The van der Waals surface area contributed by atoms with Gasteiger partial charge in [0.15, 0.2) is 0 Å². The van der Waals surface area contributed by atoms with Crippen molar-refractivity contribution < 1.29 is 5.11 Å². The van der Waals surface area contributed by atoms with Gasteiger partial charge in [0.25, 0.3) is 0 Å². The van der Waals surface area contributed by atoms with E-state index in [2.05, 4.69) is 21.0 Å². The second-order valence-corrected chi connectivity index (χ2v) is 7.20. The highest BCUT2D eigenvalue weighted by Crippen LogP contribution is 2.25. The molecule has 0 fully saturated rings. The van der Waals surface area contributed by atoms with Crippen molar-refractivity contribution in [2.75, 3.05) is 5.75 Å². The monoisotopic (exact) mass is 388 g/mol. The maximum Gasteiger partial charge on any atom is 0.0850 e. The van der Waals surface area contributed by atoms with Gasteiger partial charge in [-0.1, -0.05) is 40.5 Å². The molecule has 1 aromatic heterocycles. The number of hydrogen-bond acceptors (Lipinski definition) is 3. The number of thioether (sulfide) groups is 1. The van der Waals surface area contributed by atoms with Crippen LogP contribution in [0, 0.1) is 0 Å². The number of benzene rings is 1. The van der Waals surface area contributed by atoms with Gasteiger partial charge in [-0.25, -0.2) is 0 Å². The van der Waals surface area contributed by atoms with Gasteiger partial charge in [-0.15, -0.1) is 11.8 Å². The van der Waals surface area contributed by atoms with E-state index in [1.807, 2.05) is 38.2 Å². The van der Waals surface area contributed by atoms with Gasteiger partial charge in [-0.3, -0.25) is 4.68 Å². The van der Waals surface area contributed by atoms with E-state index < -0.39 is 6.10 Å². The molecule has 0 aliphatic carbocycles. The number of aromatic nitrogens is 2. The maximum atomic E-state index is 10.2. The number of nitrogens with zero attached hydrogens (tertiary/aromatic N) is 2. The van der Waals surface area contributed by atoms with Crippen LogP contribution in [0.4, 0.5) is 0 Å². The molecule has 0 saturated heterocycles. The molecule has 0 bridgehead atoms. The molecule has 2 aromatic rings. The molecule has 6 heteroatoms. The SMILES string of the molecule is CCc1nn(C)c(CC(O)CSc2cccc(Br)c2)c1Cl. The summed E-state index contributed by atoms with van der Waals surface area (Å²) in [6.45, 7) is 2.03. The van der Waals surface area contributed by atoms with Crippen molar-refractivity contribution in [3.8, 4) is 0 Å². The van der Waals surface area contributed by atoms with Crippen LogP contribution in [0.2, 0.25) is 5.02 Å². The maximum absolute atomic E-state index is 10.2. The van der Waals surface area contributed by atoms with Gasteiger partial charge in [0, 0.05) is 28.6 Å². The average Bonchev–Trinajstić information content (AvgIpc) is 2.72. The van der Waals surface area contributed by atoms with E-state index >= 15 is 0 Å². The van der Waals surface area contributed by atoms with Crippen LogP contribution in [0.15, 0.2) is 33.6 Å². The summed E-state index contributed by atoms with van der Waals surface area (Å²) in [6, 6.07) is 8.06. The van der Waals surface area contributed by atoms with Crippen LogP contribution in [-0.4, -0.2) is 26.7 Å². The predicted molar refractivity (Wildman–Crippen MR) is 92.2 cm³/mol. The fourth-order valence-corrected chi connectivity index (χ4v) is 3.88. The van der Waals surface area contributed by atoms with Gasteiger partial charge in [0.05, 0.1) is 22.5 Å². The lowest BCUT2D eigenvalue weighted by molar-refractivity contribution is 0.197. The highest BCUT2D eigenvalue weighted by Gasteiger charge is 2.16. The first-order chi connectivity index (χ1) is 10.0. The Kier molecular flexibility index (Phi) is 6.17. The molecule has 0 spiro atoms. The van der Waals surface area contributed by atoms with Crippen molar-refractivity contribution in [2.24, 2.45) is 7.05 Å². The molecule has 0 saturated carbocycles. The molecule has 0 amide bonds. The molecule has 21 heavy (non-hydrogen) atoms. The van der Waals surface area contributed by atoms with E-state index in [9.17, 15) is 5.11 Å². The number of hydrogen-bond donors (Lipinski definition) is 1. The van der Waals surface area contributed by atoms with E-state index in [0.29, 0.717) is 17.2 Å². The van der Waals surface area contributed by atoms with Crippen LogP contribution >= 0.6 is 39.3 Å². The van der Waals surface area contributed by atoms with Gasteiger partial charge in [-0.05, 0) is 24.6 Å². The highest BCUT2D eigenvalue weighted by atomic mass is 79.9. The Balaban J connectivity index is 1.96. The minimum atomic E-state index is -0.452.